The maximum atomic E-state index is 13.2. The second-order valence-corrected chi connectivity index (χ2v) is 3.18. The highest BCUT2D eigenvalue weighted by Gasteiger charge is 2.48. The zero-order valence-electron chi connectivity index (χ0n) is 8.42. The lowest BCUT2D eigenvalue weighted by atomic mass is 9.93. The van der Waals surface area contributed by atoms with Crippen LogP contribution in [0.2, 0.25) is 0 Å². The van der Waals surface area contributed by atoms with Crippen LogP contribution >= 0.6 is 0 Å². The smallest absolute Gasteiger partial charge is 0.298 e. The Morgan fingerprint density at radius 1 is 1.41 bits per heavy atom. The first kappa shape index (κ1) is 13.6. The Balaban J connectivity index is 2.96. The summed E-state index contributed by atoms with van der Waals surface area (Å²) in [5, 5.41) is 0. The number of carbonyl (C=O) groups excluding carboxylic acids is 1. The highest BCUT2D eigenvalue weighted by molar-refractivity contribution is 5.76. The topological polar surface area (TPSA) is 35.5 Å². The number of carbonyl (C=O) groups is 1. The molecule has 96 valence electrons. The van der Waals surface area contributed by atoms with Crippen LogP contribution in [0.5, 0.6) is 0 Å². The van der Waals surface area contributed by atoms with Crippen molar-refractivity contribution in [1.29, 1.82) is 0 Å². The van der Waals surface area contributed by atoms with Crippen molar-refractivity contribution in [3.05, 3.63) is 23.8 Å². The van der Waals surface area contributed by atoms with Crippen LogP contribution in [0.1, 0.15) is 0 Å². The number of halogens is 5. The lowest BCUT2D eigenvalue weighted by molar-refractivity contribution is -0.262. The van der Waals surface area contributed by atoms with Gasteiger partial charge >= 0.3 is 12.1 Å². The molecule has 3 nitrogen and oxygen atoms in total. The molecule has 1 atom stereocenters. The number of rotatable bonds is 2. The molecule has 0 spiro atoms. The molecule has 0 aliphatic heterocycles. The van der Waals surface area contributed by atoms with Gasteiger partial charge in [-0.15, -0.1) is 0 Å². The lowest BCUT2D eigenvalue weighted by Gasteiger charge is -2.24. The predicted octanol–water partition coefficient (Wildman–Crippen LogP) is 2.40. The molecule has 0 radical (unpaired) electrons. The van der Waals surface area contributed by atoms with Crippen LogP contribution in [0.3, 0.4) is 0 Å². The van der Waals surface area contributed by atoms with E-state index < -0.39 is 29.6 Å². The first-order valence-corrected chi connectivity index (χ1v) is 4.29. The molecule has 0 bridgehead atoms. The SMILES string of the molecule is COOC(=O)C1C=CC(C(F)(F)F)=CC1(F)F. The van der Waals surface area contributed by atoms with Crippen molar-refractivity contribution >= 4 is 5.97 Å². The summed E-state index contributed by atoms with van der Waals surface area (Å²) in [6.07, 6.45) is -4.37. The predicted molar refractivity (Wildman–Crippen MR) is 44.8 cm³/mol. The molecule has 0 fully saturated rings. The second-order valence-electron chi connectivity index (χ2n) is 3.18. The molecule has 1 unspecified atom stereocenters. The molecule has 1 aliphatic carbocycles. The van der Waals surface area contributed by atoms with Crippen molar-refractivity contribution in [3.63, 3.8) is 0 Å². The molecule has 1 aliphatic rings. The van der Waals surface area contributed by atoms with E-state index >= 15 is 0 Å². The summed E-state index contributed by atoms with van der Waals surface area (Å²) in [6, 6.07) is 0. The molecule has 0 aromatic carbocycles. The van der Waals surface area contributed by atoms with Gasteiger partial charge < -0.3 is 0 Å². The third kappa shape index (κ3) is 3.02. The minimum Gasteiger partial charge on any atom is -0.298 e. The molecule has 1 rings (SSSR count). The van der Waals surface area contributed by atoms with E-state index in [0.717, 1.165) is 7.11 Å². The van der Waals surface area contributed by atoms with E-state index in [4.69, 9.17) is 0 Å². The van der Waals surface area contributed by atoms with Gasteiger partial charge in [0.05, 0.1) is 12.7 Å². The molecule has 0 aromatic rings. The van der Waals surface area contributed by atoms with Crippen LogP contribution in [-0.2, 0) is 14.6 Å². The molecule has 17 heavy (non-hydrogen) atoms. The minimum atomic E-state index is -4.89. The van der Waals surface area contributed by atoms with Gasteiger partial charge in [0.15, 0.2) is 0 Å². The summed E-state index contributed by atoms with van der Waals surface area (Å²) in [6.45, 7) is 0. The Hall–Kier alpha value is -1.44. The molecule has 0 amide bonds. The van der Waals surface area contributed by atoms with Crippen LogP contribution in [0, 0.1) is 5.92 Å². The largest absolute Gasteiger partial charge is 0.416 e. The normalized spacial score (nSPS) is 23.2. The third-order valence-corrected chi connectivity index (χ3v) is 1.98. The van der Waals surface area contributed by atoms with Gasteiger partial charge in [0.1, 0.15) is 5.92 Å². The lowest BCUT2D eigenvalue weighted by Crippen LogP contribution is -2.36. The average molecular weight is 258 g/mol. The van der Waals surface area contributed by atoms with Gasteiger partial charge in [0, 0.05) is 0 Å². The Labute approximate surface area is 92.4 Å². The van der Waals surface area contributed by atoms with Crippen molar-refractivity contribution in [2.75, 3.05) is 7.11 Å². The Bertz CT molecular complexity index is 369. The highest BCUT2D eigenvalue weighted by atomic mass is 19.4. The summed E-state index contributed by atoms with van der Waals surface area (Å²) in [4.78, 5) is 18.7. The standard InChI is InChI=1S/C9H7F5O3/c1-16-17-7(15)6-3-2-5(9(12,13)14)4-8(6,10)11/h2-4,6H,1H3. The first-order chi connectivity index (χ1) is 7.68. The third-order valence-electron chi connectivity index (χ3n) is 1.98. The van der Waals surface area contributed by atoms with Crippen molar-refractivity contribution < 1.29 is 36.5 Å². The van der Waals surface area contributed by atoms with E-state index in [1.165, 1.54) is 0 Å². The average Bonchev–Trinajstić information content (AvgIpc) is 2.14. The number of hydrogen-bond acceptors (Lipinski definition) is 3. The van der Waals surface area contributed by atoms with E-state index in [1.54, 1.807) is 0 Å². The van der Waals surface area contributed by atoms with Crippen molar-refractivity contribution in [2.24, 2.45) is 5.92 Å². The van der Waals surface area contributed by atoms with Crippen LogP contribution in [0.4, 0.5) is 22.0 Å². The Kier molecular flexibility index (Phi) is 3.56. The fraction of sp³-hybridized carbons (Fsp3) is 0.444. The zero-order valence-corrected chi connectivity index (χ0v) is 8.42. The minimum absolute atomic E-state index is 0.311. The Morgan fingerprint density at radius 2 is 2.00 bits per heavy atom. The monoisotopic (exact) mass is 258 g/mol. The fourth-order valence-electron chi connectivity index (χ4n) is 1.22. The quantitative estimate of drug-likeness (QED) is 0.433. The van der Waals surface area contributed by atoms with E-state index in [2.05, 4.69) is 9.78 Å². The van der Waals surface area contributed by atoms with Crippen molar-refractivity contribution in [1.82, 2.24) is 0 Å². The van der Waals surface area contributed by atoms with E-state index in [0.29, 0.717) is 12.2 Å². The van der Waals surface area contributed by atoms with Crippen molar-refractivity contribution in [3.8, 4) is 0 Å². The number of hydrogen-bond donors (Lipinski definition) is 0. The first-order valence-electron chi connectivity index (χ1n) is 4.29. The van der Waals surface area contributed by atoms with Crippen LogP contribution in [0.25, 0.3) is 0 Å². The zero-order chi connectivity index (χ0) is 13.3. The van der Waals surface area contributed by atoms with Crippen molar-refractivity contribution in [2.45, 2.75) is 12.1 Å². The maximum Gasteiger partial charge on any atom is 0.416 e. The summed E-state index contributed by atoms with van der Waals surface area (Å²) in [5.74, 6) is -7.57. The molecule has 0 saturated heterocycles. The molecule has 0 saturated carbocycles. The van der Waals surface area contributed by atoms with Gasteiger partial charge in [0.2, 0.25) is 0 Å². The van der Waals surface area contributed by atoms with E-state index in [1.807, 2.05) is 0 Å². The molecule has 0 aromatic heterocycles. The maximum absolute atomic E-state index is 13.2. The molecular formula is C9H7F5O3. The Morgan fingerprint density at radius 3 is 2.41 bits per heavy atom. The summed E-state index contributed by atoms with van der Waals surface area (Å²) in [7, 11) is 0.916. The molecule has 0 heterocycles. The van der Waals surface area contributed by atoms with E-state index in [-0.39, 0.29) is 6.08 Å². The van der Waals surface area contributed by atoms with Gasteiger partial charge in [0.25, 0.3) is 5.92 Å². The summed E-state index contributed by atoms with van der Waals surface area (Å²) in [5.41, 5.74) is -1.51. The van der Waals surface area contributed by atoms with Gasteiger partial charge in [-0.25, -0.2) is 13.6 Å². The van der Waals surface area contributed by atoms with Crippen LogP contribution < -0.4 is 0 Å². The molecular weight excluding hydrogens is 251 g/mol. The van der Waals surface area contributed by atoms with Gasteiger partial charge in [-0.2, -0.15) is 18.1 Å². The molecule has 8 heteroatoms. The van der Waals surface area contributed by atoms with Gasteiger partial charge in [-0.05, 0) is 6.08 Å². The fourth-order valence-corrected chi connectivity index (χ4v) is 1.22. The number of allylic oxidation sites excluding steroid dienone is 3. The van der Waals surface area contributed by atoms with Crippen LogP contribution in [-0.4, -0.2) is 25.2 Å². The number of alkyl halides is 5. The van der Waals surface area contributed by atoms with Gasteiger partial charge in [-0.3, -0.25) is 4.89 Å². The summed E-state index contributed by atoms with van der Waals surface area (Å²) < 4.78 is 63.0. The molecule has 0 N–H and O–H groups in total. The summed E-state index contributed by atoms with van der Waals surface area (Å²) >= 11 is 0. The van der Waals surface area contributed by atoms with Gasteiger partial charge in [-0.1, -0.05) is 12.2 Å². The second kappa shape index (κ2) is 4.44. The van der Waals surface area contributed by atoms with E-state index in [9.17, 15) is 26.7 Å². The highest BCUT2D eigenvalue weighted by Crippen LogP contribution is 2.38. The van der Waals surface area contributed by atoms with Crippen LogP contribution in [0.15, 0.2) is 23.8 Å².